The fourth-order valence-electron chi connectivity index (χ4n) is 2.57. The molecule has 2 atom stereocenters. The summed E-state index contributed by atoms with van der Waals surface area (Å²) in [5, 5.41) is 5.73. The smallest absolute Gasteiger partial charge is 0.314 e. The minimum atomic E-state index is -0.0970. The minimum Gasteiger partial charge on any atom is -0.377 e. The van der Waals surface area contributed by atoms with E-state index < -0.39 is 0 Å². The Morgan fingerprint density at radius 1 is 1.30 bits per heavy atom. The molecule has 0 aromatic carbocycles. The summed E-state index contributed by atoms with van der Waals surface area (Å²) in [5.74, 6) is 0.585. The molecule has 2 N–H and O–H groups in total. The average Bonchev–Trinajstić information content (AvgIpc) is 2.99. The molecule has 1 heterocycles. The van der Waals surface area contributed by atoms with Gasteiger partial charge >= 0.3 is 6.03 Å². The lowest BCUT2D eigenvalue weighted by Gasteiger charge is -2.18. The van der Waals surface area contributed by atoms with Gasteiger partial charge in [-0.1, -0.05) is 12.2 Å². The van der Waals surface area contributed by atoms with Crippen LogP contribution >= 0.6 is 0 Å². The molecule has 0 aromatic rings. The maximum Gasteiger partial charge on any atom is 0.314 e. The van der Waals surface area contributed by atoms with Crippen LogP contribution in [-0.4, -0.2) is 45.0 Å². The van der Waals surface area contributed by atoms with E-state index in [9.17, 15) is 4.79 Å². The molecule has 1 saturated heterocycles. The first-order chi connectivity index (χ1) is 9.84. The highest BCUT2D eigenvalue weighted by atomic mass is 16.5. The summed E-state index contributed by atoms with van der Waals surface area (Å²) < 4.78 is 10.9. The SMILES string of the molecule is O=C(NCCOC[C@@H]1CCCO1)NC[C@H]1CC=CCC1. The largest absolute Gasteiger partial charge is 0.377 e. The number of rotatable bonds is 7. The van der Waals surface area contributed by atoms with Gasteiger partial charge in [0.1, 0.15) is 0 Å². The van der Waals surface area contributed by atoms with E-state index in [1.54, 1.807) is 0 Å². The summed E-state index contributed by atoms with van der Waals surface area (Å²) in [6, 6.07) is -0.0970. The second-order valence-corrected chi connectivity index (χ2v) is 5.50. The van der Waals surface area contributed by atoms with E-state index in [0.29, 0.717) is 25.7 Å². The van der Waals surface area contributed by atoms with E-state index in [0.717, 1.165) is 38.8 Å². The van der Waals surface area contributed by atoms with Crippen molar-refractivity contribution < 1.29 is 14.3 Å². The van der Waals surface area contributed by atoms with Crippen molar-refractivity contribution >= 4 is 6.03 Å². The molecule has 20 heavy (non-hydrogen) atoms. The topological polar surface area (TPSA) is 59.6 Å². The van der Waals surface area contributed by atoms with Crippen LogP contribution in [-0.2, 0) is 9.47 Å². The molecule has 2 amide bonds. The van der Waals surface area contributed by atoms with Gasteiger partial charge in [-0.05, 0) is 38.0 Å². The van der Waals surface area contributed by atoms with Gasteiger partial charge < -0.3 is 20.1 Å². The van der Waals surface area contributed by atoms with Crippen LogP contribution in [0.2, 0.25) is 0 Å². The van der Waals surface area contributed by atoms with Gasteiger partial charge in [-0.3, -0.25) is 0 Å². The molecule has 0 spiro atoms. The number of hydrogen-bond donors (Lipinski definition) is 2. The summed E-state index contributed by atoms with van der Waals surface area (Å²) in [4.78, 5) is 11.6. The molecular formula is C15H26N2O3. The molecule has 1 fully saturated rings. The van der Waals surface area contributed by atoms with Crippen molar-refractivity contribution in [1.82, 2.24) is 10.6 Å². The Hall–Kier alpha value is -1.07. The van der Waals surface area contributed by atoms with Crippen molar-refractivity contribution in [3.63, 3.8) is 0 Å². The number of amides is 2. The number of nitrogens with one attached hydrogen (secondary N) is 2. The van der Waals surface area contributed by atoms with Crippen LogP contribution in [0.4, 0.5) is 4.79 Å². The number of hydrogen-bond acceptors (Lipinski definition) is 3. The summed E-state index contributed by atoms with van der Waals surface area (Å²) in [7, 11) is 0. The average molecular weight is 282 g/mol. The molecule has 0 unspecified atom stereocenters. The number of carbonyl (C=O) groups excluding carboxylic acids is 1. The van der Waals surface area contributed by atoms with Gasteiger partial charge in [0.25, 0.3) is 0 Å². The predicted octanol–water partition coefficient (Wildman–Crippen LogP) is 1.84. The molecular weight excluding hydrogens is 256 g/mol. The Bertz CT molecular complexity index is 314. The van der Waals surface area contributed by atoms with Gasteiger partial charge in [0.15, 0.2) is 0 Å². The Balaban J connectivity index is 1.42. The molecule has 0 aromatic heterocycles. The van der Waals surface area contributed by atoms with Crippen molar-refractivity contribution in [3.05, 3.63) is 12.2 Å². The van der Waals surface area contributed by atoms with E-state index >= 15 is 0 Å². The molecule has 0 bridgehead atoms. The van der Waals surface area contributed by atoms with Crippen molar-refractivity contribution in [2.75, 3.05) is 32.9 Å². The third-order valence-electron chi connectivity index (χ3n) is 3.79. The molecule has 2 rings (SSSR count). The first-order valence-corrected chi connectivity index (χ1v) is 7.70. The van der Waals surface area contributed by atoms with Crippen molar-refractivity contribution in [2.45, 2.75) is 38.2 Å². The molecule has 114 valence electrons. The van der Waals surface area contributed by atoms with Crippen LogP contribution < -0.4 is 10.6 Å². The van der Waals surface area contributed by atoms with Gasteiger partial charge in [-0.25, -0.2) is 4.79 Å². The third kappa shape index (κ3) is 5.92. The zero-order chi connectivity index (χ0) is 14.0. The van der Waals surface area contributed by atoms with E-state index in [-0.39, 0.29) is 12.1 Å². The molecule has 0 saturated carbocycles. The maximum atomic E-state index is 11.6. The first kappa shape index (κ1) is 15.3. The summed E-state index contributed by atoms with van der Waals surface area (Å²) in [5.41, 5.74) is 0. The Labute approximate surface area is 121 Å². The zero-order valence-corrected chi connectivity index (χ0v) is 12.1. The number of carbonyl (C=O) groups is 1. The number of ether oxygens (including phenoxy) is 2. The molecule has 2 aliphatic rings. The lowest BCUT2D eigenvalue weighted by Crippen LogP contribution is -2.40. The van der Waals surface area contributed by atoms with E-state index in [2.05, 4.69) is 22.8 Å². The van der Waals surface area contributed by atoms with Gasteiger partial charge in [-0.15, -0.1) is 0 Å². The maximum absolute atomic E-state index is 11.6. The quantitative estimate of drug-likeness (QED) is 0.553. The van der Waals surface area contributed by atoms with Crippen LogP contribution in [0.5, 0.6) is 0 Å². The van der Waals surface area contributed by atoms with Gasteiger partial charge in [0, 0.05) is 19.7 Å². The minimum absolute atomic E-state index is 0.0970. The molecule has 1 aliphatic carbocycles. The Morgan fingerprint density at radius 3 is 3.00 bits per heavy atom. The van der Waals surface area contributed by atoms with Crippen molar-refractivity contribution in [1.29, 1.82) is 0 Å². The van der Waals surface area contributed by atoms with E-state index in [4.69, 9.17) is 9.47 Å². The molecule has 1 aliphatic heterocycles. The number of allylic oxidation sites excluding steroid dienone is 2. The van der Waals surface area contributed by atoms with Crippen LogP contribution in [0, 0.1) is 5.92 Å². The van der Waals surface area contributed by atoms with E-state index in [1.807, 2.05) is 0 Å². The molecule has 5 heteroatoms. The lowest BCUT2D eigenvalue weighted by atomic mass is 9.94. The Kier molecular flexibility index (Phi) is 6.88. The second kappa shape index (κ2) is 8.97. The van der Waals surface area contributed by atoms with Crippen molar-refractivity contribution in [2.24, 2.45) is 5.92 Å². The first-order valence-electron chi connectivity index (χ1n) is 7.70. The van der Waals surface area contributed by atoms with Gasteiger partial charge in [0.05, 0.1) is 19.3 Å². The summed E-state index contributed by atoms with van der Waals surface area (Å²) >= 11 is 0. The summed E-state index contributed by atoms with van der Waals surface area (Å²) in [6.07, 6.45) is 10.3. The highest BCUT2D eigenvalue weighted by Gasteiger charge is 2.15. The van der Waals surface area contributed by atoms with Crippen LogP contribution in [0.1, 0.15) is 32.1 Å². The highest BCUT2D eigenvalue weighted by molar-refractivity contribution is 5.73. The monoisotopic (exact) mass is 282 g/mol. The third-order valence-corrected chi connectivity index (χ3v) is 3.79. The molecule has 0 radical (unpaired) electrons. The fourth-order valence-corrected chi connectivity index (χ4v) is 2.57. The normalized spacial score (nSPS) is 25.6. The van der Waals surface area contributed by atoms with E-state index in [1.165, 1.54) is 6.42 Å². The van der Waals surface area contributed by atoms with Crippen LogP contribution in [0.25, 0.3) is 0 Å². The summed E-state index contributed by atoms with van der Waals surface area (Å²) in [6.45, 7) is 3.33. The standard InChI is InChI=1S/C15H26N2O3/c18-15(17-11-13-5-2-1-3-6-13)16-8-10-19-12-14-7-4-9-20-14/h1-2,13-14H,3-12H2,(H2,16,17,18)/t13-,14-/m0/s1. The Morgan fingerprint density at radius 2 is 2.25 bits per heavy atom. The van der Waals surface area contributed by atoms with Gasteiger partial charge in [0.2, 0.25) is 0 Å². The van der Waals surface area contributed by atoms with Gasteiger partial charge in [-0.2, -0.15) is 0 Å². The fraction of sp³-hybridized carbons (Fsp3) is 0.800. The molecule has 5 nitrogen and oxygen atoms in total. The number of urea groups is 1. The second-order valence-electron chi connectivity index (χ2n) is 5.50. The zero-order valence-electron chi connectivity index (χ0n) is 12.1. The van der Waals surface area contributed by atoms with Crippen LogP contribution in [0.15, 0.2) is 12.2 Å². The highest BCUT2D eigenvalue weighted by Crippen LogP contribution is 2.16. The van der Waals surface area contributed by atoms with Crippen molar-refractivity contribution in [3.8, 4) is 0 Å². The lowest BCUT2D eigenvalue weighted by molar-refractivity contribution is 0.0188. The predicted molar refractivity (Wildman–Crippen MR) is 77.7 cm³/mol. The van der Waals surface area contributed by atoms with Crippen LogP contribution in [0.3, 0.4) is 0 Å².